The molecule has 0 fully saturated rings. The number of benzene rings is 1. The van der Waals surface area contributed by atoms with Gasteiger partial charge in [-0.1, -0.05) is 27.7 Å². The lowest BCUT2D eigenvalue weighted by Crippen LogP contribution is -2.25. The van der Waals surface area contributed by atoms with Crippen molar-refractivity contribution in [2.75, 3.05) is 11.9 Å². The summed E-state index contributed by atoms with van der Waals surface area (Å²) in [5.41, 5.74) is -0.0754. The van der Waals surface area contributed by atoms with Crippen LogP contribution in [-0.2, 0) is 0 Å². The van der Waals surface area contributed by atoms with E-state index >= 15 is 0 Å². The molecule has 0 aliphatic rings. The molecule has 0 saturated carbocycles. The lowest BCUT2D eigenvalue weighted by atomic mass is 9.82. The van der Waals surface area contributed by atoms with Crippen molar-refractivity contribution in [2.45, 2.75) is 27.7 Å². The van der Waals surface area contributed by atoms with Crippen molar-refractivity contribution in [3.63, 3.8) is 0 Å². The maximum atomic E-state index is 13.3. The second kappa shape index (κ2) is 4.98. The van der Waals surface area contributed by atoms with Crippen LogP contribution in [0.5, 0.6) is 0 Å². The SMILES string of the molecule is CC(CNc1cc(F)cc(F)c1F)C(C)(C)C. The highest BCUT2D eigenvalue weighted by molar-refractivity contribution is 5.45. The van der Waals surface area contributed by atoms with E-state index in [1.54, 1.807) is 0 Å². The van der Waals surface area contributed by atoms with Crippen LogP contribution >= 0.6 is 0 Å². The number of anilines is 1. The summed E-state index contributed by atoms with van der Waals surface area (Å²) >= 11 is 0. The van der Waals surface area contributed by atoms with Crippen LogP contribution in [0, 0.1) is 28.8 Å². The van der Waals surface area contributed by atoms with Crippen molar-refractivity contribution >= 4 is 5.69 Å². The Morgan fingerprint density at radius 3 is 2.29 bits per heavy atom. The molecule has 0 aromatic heterocycles. The largest absolute Gasteiger partial charge is 0.382 e. The number of nitrogens with one attached hydrogen (secondary N) is 1. The summed E-state index contributed by atoms with van der Waals surface area (Å²) in [6.45, 7) is 8.63. The Balaban J connectivity index is 2.76. The smallest absolute Gasteiger partial charge is 0.182 e. The van der Waals surface area contributed by atoms with Crippen LogP contribution in [0.4, 0.5) is 18.9 Å². The summed E-state index contributed by atoms with van der Waals surface area (Å²) in [5.74, 6) is -2.74. The second-order valence-electron chi connectivity index (χ2n) is 5.40. The molecule has 0 bridgehead atoms. The minimum absolute atomic E-state index is 0.0509. The summed E-state index contributed by atoms with van der Waals surface area (Å²) in [4.78, 5) is 0. The first kappa shape index (κ1) is 13.9. The van der Waals surface area contributed by atoms with Gasteiger partial charge in [-0.25, -0.2) is 13.2 Å². The van der Waals surface area contributed by atoms with E-state index in [0.29, 0.717) is 12.6 Å². The maximum absolute atomic E-state index is 13.3. The average molecular weight is 245 g/mol. The van der Waals surface area contributed by atoms with Gasteiger partial charge in [0.1, 0.15) is 5.82 Å². The first-order chi connectivity index (χ1) is 7.71. The third-order valence-electron chi connectivity index (χ3n) is 3.07. The molecule has 96 valence electrons. The van der Waals surface area contributed by atoms with Crippen LogP contribution in [0.3, 0.4) is 0 Å². The van der Waals surface area contributed by atoms with Gasteiger partial charge in [-0.15, -0.1) is 0 Å². The lowest BCUT2D eigenvalue weighted by Gasteiger charge is -2.27. The lowest BCUT2D eigenvalue weighted by molar-refractivity contribution is 0.274. The highest BCUT2D eigenvalue weighted by atomic mass is 19.2. The van der Waals surface area contributed by atoms with Crippen LogP contribution in [-0.4, -0.2) is 6.54 Å². The van der Waals surface area contributed by atoms with Gasteiger partial charge in [-0.05, 0) is 11.3 Å². The fourth-order valence-corrected chi connectivity index (χ4v) is 1.25. The zero-order valence-corrected chi connectivity index (χ0v) is 10.6. The van der Waals surface area contributed by atoms with E-state index < -0.39 is 17.5 Å². The molecule has 0 aliphatic heterocycles. The second-order valence-corrected chi connectivity index (χ2v) is 5.40. The van der Waals surface area contributed by atoms with Crippen molar-refractivity contribution in [3.05, 3.63) is 29.6 Å². The summed E-state index contributed by atoms with van der Waals surface area (Å²) in [7, 11) is 0. The van der Waals surface area contributed by atoms with Crippen LogP contribution in [0.1, 0.15) is 27.7 Å². The van der Waals surface area contributed by atoms with Gasteiger partial charge in [0.05, 0.1) is 5.69 Å². The van der Waals surface area contributed by atoms with Crippen molar-refractivity contribution in [2.24, 2.45) is 11.3 Å². The first-order valence-corrected chi connectivity index (χ1v) is 5.60. The molecule has 0 heterocycles. The Bertz CT molecular complexity index is 396. The predicted octanol–water partition coefficient (Wildman–Crippen LogP) is 4.20. The molecule has 1 rings (SSSR count). The van der Waals surface area contributed by atoms with Crippen molar-refractivity contribution in [1.82, 2.24) is 0 Å². The zero-order chi connectivity index (χ0) is 13.2. The first-order valence-electron chi connectivity index (χ1n) is 5.60. The fourth-order valence-electron chi connectivity index (χ4n) is 1.25. The molecule has 1 N–H and O–H groups in total. The van der Waals surface area contributed by atoms with Crippen molar-refractivity contribution in [1.29, 1.82) is 0 Å². The Labute approximate surface area is 100 Å². The van der Waals surface area contributed by atoms with Gasteiger partial charge in [-0.2, -0.15) is 0 Å². The third-order valence-corrected chi connectivity index (χ3v) is 3.07. The summed E-state index contributed by atoms with van der Waals surface area (Å²) < 4.78 is 39.2. The van der Waals surface area contributed by atoms with Gasteiger partial charge in [0.25, 0.3) is 0 Å². The van der Waals surface area contributed by atoms with Gasteiger partial charge in [-0.3, -0.25) is 0 Å². The number of halogens is 3. The van der Waals surface area contributed by atoms with Gasteiger partial charge in [0.15, 0.2) is 11.6 Å². The molecule has 1 atom stereocenters. The van der Waals surface area contributed by atoms with E-state index in [4.69, 9.17) is 0 Å². The van der Waals surface area contributed by atoms with Crippen LogP contribution in [0.15, 0.2) is 12.1 Å². The highest BCUT2D eigenvalue weighted by Crippen LogP contribution is 2.26. The molecule has 1 aromatic carbocycles. The molecule has 4 heteroatoms. The van der Waals surface area contributed by atoms with E-state index in [1.807, 2.05) is 6.92 Å². The van der Waals surface area contributed by atoms with Gasteiger partial charge in [0.2, 0.25) is 0 Å². The van der Waals surface area contributed by atoms with E-state index in [9.17, 15) is 13.2 Å². The van der Waals surface area contributed by atoms with E-state index in [-0.39, 0.29) is 17.0 Å². The van der Waals surface area contributed by atoms with E-state index in [1.165, 1.54) is 0 Å². The molecule has 1 unspecified atom stereocenters. The molecule has 0 saturated heterocycles. The van der Waals surface area contributed by atoms with Crippen LogP contribution < -0.4 is 5.32 Å². The predicted molar refractivity (Wildman–Crippen MR) is 63.4 cm³/mol. The quantitative estimate of drug-likeness (QED) is 0.787. The molecular weight excluding hydrogens is 227 g/mol. The third kappa shape index (κ3) is 3.65. The number of rotatable bonds is 3. The molecule has 0 aliphatic carbocycles. The zero-order valence-electron chi connectivity index (χ0n) is 10.6. The van der Waals surface area contributed by atoms with Gasteiger partial charge < -0.3 is 5.32 Å². The summed E-state index contributed by atoms with van der Waals surface area (Å²) in [5, 5.41) is 2.75. The molecule has 0 radical (unpaired) electrons. The van der Waals surface area contributed by atoms with Crippen molar-refractivity contribution in [3.8, 4) is 0 Å². The van der Waals surface area contributed by atoms with E-state index in [0.717, 1.165) is 6.07 Å². The molecular formula is C13H18F3N. The Morgan fingerprint density at radius 2 is 1.76 bits per heavy atom. The molecule has 1 nitrogen and oxygen atoms in total. The normalized spacial score (nSPS) is 13.6. The topological polar surface area (TPSA) is 12.0 Å². The Morgan fingerprint density at radius 1 is 1.18 bits per heavy atom. The van der Waals surface area contributed by atoms with Crippen molar-refractivity contribution < 1.29 is 13.2 Å². The van der Waals surface area contributed by atoms with Gasteiger partial charge in [0, 0.05) is 18.7 Å². The molecule has 1 aromatic rings. The Kier molecular flexibility index (Phi) is 4.07. The Hall–Kier alpha value is -1.19. The minimum Gasteiger partial charge on any atom is -0.382 e. The standard InChI is InChI=1S/C13H18F3N/c1-8(13(2,3)4)7-17-11-6-9(14)5-10(15)12(11)16/h5-6,8,17H,7H2,1-4H3. The molecule has 0 spiro atoms. The molecule has 0 amide bonds. The minimum atomic E-state index is -1.17. The fraction of sp³-hybridized carbons (Fsp3) is 0.538. The monoisotopic (exact) mass is 245 g/mol. The van der Waals surface area contributed by atoms with Crippen LogP contribution in [0.2, 0.25) is 0 Å². The molecule has 17 heavy (non-hydrogen) atoms. The van der Waals surface area contributed by atoms with E-state index in [2.05, 4.69) is 26.1 Å². The highest BCUT2D eigenvalue weighted by Gasteiger charge is 2.20. The maximum Gasteiger partial charge on any atom is 0.182 e. The summed E-state index contributed by atoms with van der Waals surface area (Å²) in [6, 6.07) is 1.50. The van der Waals surface area contributed by atoms with Gasteiger partial charge >= 0.3 is 0 Å². The summed E-state index contributed by atoms with van der Waals surface area (Å²) in [6.07, 6.45) is 0. The van der Waals surface area contributed by atoms with Crippen LogP contribution in [0.25, 0.3) is 0 Å². The number of hydrogen-bond donors (Lipinski definition) is 1. The number of hydrogen-bond acceptors (Lipinski definition) is 1. The average Bonchev–Trinajstić information content (AvgIpc) is 2.19.